The molecule has 4 rings (SSSR count). The number of carbonyl (C=O) groups is 2. The number of benzene rings is 2. The van der Waals surface area contributed by atoms with Crippen molar-refractivity contribution in [1.82, 2.24) is 15.5 Å². The highest BCUT2D eigenvalue weighted by Crippen LogP contribution is 2.23. The molecule has 1 aromatic heterocycles. The first-order valence-corrected chi connectivity index (χ1v) is 10.3. The van der Waals surface area contributed by atoms with Gasteiger partial charge >= 0.3 is 0 Å². The maximum absolute atomic E-state index is 12.5. The predicted molar refractivity (Wildman–Crippen MR) is 115 cm³/mol. The molecule has 3 aromatic rings. The molecule has 7 heteroatoms. The molecule has 2 amide bonds. The summed E-state index contributed by atoms with van der Waals surface area (Å²) in [4.78, 5) is 27.0. The molecule has 1 fully saturated rings. The van der Waals surface area contributed by atoms with E-state index in [0.717, 1.165) is 22.6 Å². The summed E-state index contributed by atoms with van der Waals surface area (Å²) in [5, 5.41) is 5.71. The molecule has 0 aliphatic carbocycles. The average Bonchev–Trinajstić information content (AvgIpc) is 3.30. The van der Waals surface area contributed by atoms with E-state index < -0.39 is 6.04 Å². The van der Waals surface area contributed by atoms with Gasteiger partial charge in [0.25, 0.3) is 0 Å². The van der Waals surface area contributed by atoms with Crippen LogP contribution >= 0.6 is 0 Å². The van der Waals surface area contributed by atoms with Crippen molar-refractivity contribution in [3.63, 3.8) is 0 Å². The molecular weight excluding hydrogens is 394 g/mol. The minimum atomic E-state index is -0.517. The quantitative estimate of drug-likeness (QED) is 0.586. The summed E-state index contributed by atoms with van der Waals surface area (Å²) in [5.74, 6) is 1.21. The van der Waals surface area contributed by atoms with Gasteiger partial charge in [0.05, 0.1) is 25.0 Å². The van der Waals surface area contributed by atoms with Crippen molar-refractivity contribution in [2.24, 2.45) is 0 Å². The molecule has 7 nitrogen and oxygen atoms in total. The minimum Gasteiger partial charge on any atom is -0.472 e. The molecule has 0 spiro atoms. The Kier molecular flexibility index (Phi) is 6.64. The van der Waals surface area contributed by atoms with E-state index in [4.69, 9.17) is 9.15 Å². The van der Waals surface area contributed by atoms with Crippen LogP contribution in [0.1, 0.15) is 17.5 Å². The fraction of sp³-hybridized carbons (Fsp3) is 0.250. The van der Waals surface area contributed by atoms with Crippen LogP contribution < -0.4 is 15.4 Å². The number of nitrogens with one attached hydrogen (secondary N) is 2. The van der Waals surface area contributed by atoms with E-state index in [9.17, 15) is 9.59 Å². The number of amides is 2. The van der Waals surface area contributed by atoms with Crippen molar-refractivity contribution < 1.29 is 18.7 Å². The van der Waals surface area contributed by atoms with Crippen LogP contribution in [0.15, 0.2) is 77.6 Å². The lowest BCUT2D eigenvalue weighted by Crippen LogP contribution is -2.56. The van der Waals surface area contributed by atoms with Crippen molar-refractivity contribution in [1.29, 1.82) is 0 Å². The van der Waals surface area contributed by atoms with Gasteiger partial charge in [-0.25, -0.2) is 0 Å². The van der Waals surface area contributed by atoms with Gasteiger partial charge in [0.1, 0.15) is 11.5 Å². The Morgan fingerprint density at radius 1 is 1.10 bits per heavy atom. The molecule has 160 valence electrons. The van der Waals surface area contributed by atoms with E-state index in [2.05, 4.69) is 10.6 Å². The number of para-hydroxylation sites is 1. The molecule has 1 aliphatic rings. The van der Waals surface area contributed by atoms with Gasteiger partial charge in [0.2, 0.25) is 11.8 Å². The molecule has 0 unspecified atom stereocenters. The highest BCUT2D eigenvalue weighted by molar-refractivity contribution is 5.88. The van der Waals surface area contributed by atoms with Crippen LogP contribution in [0, 0.1) is 0 Å². The van der Waals surface area contributed by atoms with Crippen LogP contribution in [-0.4, -0.2) is 35.8 Å². The smallest absolute Gasteiger partial charge is 0.237 e. The van der Waals surface area contributed by atoms with Crippen LogP contribution in [0.5, 0.6) is 11.5 Å². The Morgan fingerprint density at radius 2 is 1.94 bits per heavy atom. The molecule has 2 aromatic carbocycles. The molecular formula is C24H25N3O4. The van der Waals surface area contributed by atoms with Crippen LogP contribution in [0.25, 0.3) is 0 Å². The first kappa shape index (κ1) is 20.7. The van der Waals surface area contributed by atoms with E-state index in [-0.39, 0.29) is 18.2 Å². The molecule has 2 heterocycles. The molecule has 31 heavy (non-hydrogen) atoms. The topological polar surface area (TPSA) is 83.8 Å². The number of ether oxygens (including phenoxy) is 1. The molecule has 0 radical (unpaired) electrons. The molecule has 2 N–H and O–H groups in total. The van der Waals surface area contributed by atoms with Crippen molar-refractivity contribution >= 4 is 11.8 Å². The monoisotopic (exact) mass is 419 g/mol. The summed E-state index contributed by atoms with van der Waals surface area (Å²) in [6, 6.07) is 18.7. The second-order valence-corrected chi connectivity index (χ2v) is 7.45. The summed E-state index contributed by atoms with van der Waals surface area (Å²) in [6.45, 7) is 2.17. The highest BCUT2D eigenvalue weighted by Gasteiger charge is 2.31. The number of furan rings is 1. The maximum atomic E-state index is 12.5. The van der Waals surface area contributed by atoms with E-state index in [1.165, 1.54) is 0 Å². The predicted octanol–water partition coefficient (Wildman–Crippen LogP) is 3.08. The van der Waals surface area contributed by atoms with Gasteiger partial charge in [-0.3, -0.25) is 14.5 Å². The summed E-state index contributed by atoms with van der Waals surface area (Å²) >= 11 is 0. The third-order valence-corrected chi connectivity index (χ3v) is 5.15. The van der Waals surface area contributed by atoms with E-state index in [0.29, 0.717) is 26.2 Å². The average molecular weight is 419 g/mol. The third kappa shape index (κ3) is 5.73. The number of hydrogen-bond donors (Lipinski definition) is 2. The van der Waals surface area contributed by atoms with Gasteiger partial charge in [0, 0.05) is 31.7 Å². The maximum Gasteiger partial charge on any atom is 0.237 e. The van der Waals surface area contributed by atoms with Gasteiger partial charge in [-0.15, -0.1) is 0 Å². The normalized spacial score (nSPS) is 16.5. The number of carbonyl (C=O) groups excluding carboxylic acids is 2. The van der Waals surface area contributed by atoms with E-state index in [1.54, 1.807) is 18.6 Å². The second-order valence-electron chi connectivity index (χ2n) is 7.45. The molecule has 1 atom stereocenters. The lowest BCUT2D eigenvalue weighted by atomic mass is 10.1. The lowest BCUT2D eigenvalue weighted by molar-refractivity contribution is -0.134. The zero-order valence-electron chi connectivity index (χ0n) is 17.1. The Bertz CT molecular complexity index is 1000. The fourth-order valence-electron chi connectivity index (χ4n) is 3.58. The van der Waals surface area contributed by atoms with Crippen LogP contribution in [0.3, 0.4) is 0 Å². The minimum absolute atomic E-state index is 0.101. The largest absolute Gasteiger partial charge is 0.472 e. The zero-order valence-corrected chi connectivity index (χ0v) is 17.1. The molecule has 1 saturated heterocycles. The summed E-state index contributed by atoms with van der Waals surface area (Å²) in [7, 11) is 0. The molecule has 0 saturated carbocycles. The number of nitrogens with zero attached hydrogens (tertiary/aromatic N) is 1. The van der Waals surface area contributed by atoms with Crippen LogP contribution in [-0.2, 0) is 22.7 Å². The fourth-order valence-corrected chi connectivity index (χ4v) is 3.58. The van der Waals surface area contributed by atoms with Gasteiger partial charge in [-0.1, -0.05) is 30.3 Å². The SMILES string of the molecule is O=C(C[C@H]1C(=O)NCCN1Cc1cccc(Oc2ccccc2)c1)NCc1ccoc1. The van der Waals surface area contributed by atoms with Crippen molar-refractivity contribution in [3.8, 4) is 11.5 Å². The van der Waals surface area contributed by atoms with E-state index >= 15 is 0 Å². The molecule has 1 aliphatic heterocycles. The number of hydrogen-bond acceptors (Lipinski definition) is 5. The Labute approximate surface area is 181 Å². The Hall–Kier alpha value is -3.58. The van der Waals surface area contributed by atoms with Gasteiger partial charge in [-0.05, 0) is 35.9 Å². The number of rotatable bonds is 8. The van der Waals surface area contributed by atoms with Crippen molar-refractivity contribution in [3.05, 3.63) is 84.3 Å². The van der Waals surface area contributed by atoms with Gasteiger partial charge in [-0.2, -0.15) is 0 Å². The zero-order chi connectivity index (χ0) is 21.5. The van der Waals surface area contributed by atoms with Crippen LogP contribution in [0.2, 0.25) is 0 Å². The van der Waals surface area contributed by atoms with Crippen LogP contribution in [0.4, 0.5) is 0 Å². The summed E-state index contributed by atoms with van der Waals surface area (Å²) in [6.07, 6.45) is 3.25. The third-order valence-electron chi connectivity index (χ3n) is 5.15. The Morgan fingerprint density at radius 3 is 2.74 bits per heavy atom. The lowest BCUT2D eigenvalue weighted by Gasteiger charge is -2.34. The first-order valence-electron chi connectivity index (χ1n) is 10.3. The van der Waals surface area contributed by atoms with Crippen molar-refractivity contribution in [2.75, 3.05) is 13.1 Å². The second kappa shape index (κ2) is 9.95. The van der Waals surface area contributed by atoms with E-state index in [1.807, 2.05) is 59.5 Å². The molecule has 0 bridgehead atoms. The standard InChI is InChI=1S/C24H25N3O4/c28-23(26-15-19-9-12-30-17-19)14-22-24(29)25-10-11-27(22)16-18-5-4-8-21(13-18)31-20-6-2-1-3-7-20/h1-9,12-13,17,22H,10-11,14-16H2,(H,25,29)(H,26,28)/t22-/m0/s1. The summed E-state index contributed by atoms with van der Waals surface area (Å²) < 4.78 is 10.9. The number of piperazine rings is 1. The first-order chi connectivity index (χ1) is 15.2. The summed E-state index contributed by atoms with van der Waals surface area (Å²) in [5.41, 5.74) is 1.90. The highest BCUT2D eigenvalue weighted by atomic mass is 16.5. The van der Waals surface area contributed by atoms with Crippen molar-refractivity contribution in [2.45, 2.75) is 25.6 Å². The Balaban J connectivity index is 1.39. The van der Waals surface area contributed by atoms with Gasteiger partial charge < -0.3 is 19.8 Å². The van der Waals surface area contributed by atoms with Gasteiger partial charge in [0.15, 0.2) is 0 Å².